The average molecular weight is 546 g/mol. The van der Waals surface area contributed by atoms with Crippen molar-refractivity contribution in [2.24, 2.45) is 0 Å². The van der Waals surface area contributed by atoms with Gasteiger partial charge in [0.05, 0.1) is 23.9 Å². The maximum atomic E-state index is 13.8. The number of nitrogens with one attached hydrogen (secondary N) is 1. The van der Waals surface area contributed by atoms with Crippen LogP contribution in [0.4, 0.5) is 0 Å². The first kappa shape index (κ1) is 33.3. The standard InChI is InChI=1S/C27H52NO6PSi/c1-24(2,3)28-18-22(29)20-15-16-23(21(17-20)19-31-36(13,14)27(10,11)12)32-35(30,33-25(4,5)6)34-26(7,8)9/h15-17,22,28-29H,18-19H2,1-14H3. The van der Waals surface area contributed by atoms with Crippen LogP contribution in [0.15, 0.2) is 18.2 Å². The summed E-state index contributed by atoms with van der Waals surface area (Å²) in [6.45, 7) is 28.5. The van der Waals surface area contributed by atoms with Gasteiger partial charge in [0.1, 0.15) is 5.75 Å². The van der Waals surface area contributed by atoms with Crippen molar-refractivity contribution in [2.45, 2.75) is 131 Å². The topological polar surface area (TPSA) is 86.2 Å². The van der Waals surface area contributed by atoms with Gasteiger partial charge in [0.2, 0.25) is 0 Å². The Bertz CT molecular complexity index is 887. The summed E-state index contributed by atoms with van der Waals surface area (Å²) < 4.78 is 38.0. The van der Waals surface area contributed by atoms with Gasteiger partial charge < -0.3 is 19.4 Å². The Morgan fingerprint density at radius 2 is 1.42 bits per heavy atom. The zero-order chi connectivity index (χ0) is 28.4. The van der Waals surface area contributed by atoms with Crippen LogP contribution < -0.4 is 9.84 Å². The molecule has 0 aliphatic carbocycles. The number of benzene rings is 1. The van der Waals surface area contributed by atoms with Crippen molar-refractivity contribution in [2.75, 3.05) is 6.54 Å². The second kappa shape index (κ2) is 11.6. The van der Waals surface area contributed by atoms with E-state index in [0.717, 1.165) is 5.56 Å². The molecule has 1 atom stereocenters. The largest absolute Gasteiger partial charge is 0.531 e. The summed E-state index contributed by atoms with van der Waals surface area (Å²) in [6, 6.07) is 5.35. The monoisotopic (exact) mass is 545 g/mol. The predicted octanol–water partition coefficient (Wildman–Crippen LogP) is 7.75. The smallest absolute Gasteiger partial charge is 0.412 e. The Hall–Kier alpha value is -0.733. The zero-order valence-corrected chi connectivity index (χ0v) is 27.1. The molecule has 210 valence electrons. The summed E-state index contributed by atoms with van der Waals surface area (Å²) in [5, 5.41) is 14.2. The fourth-order valence-electron chi connectivity index (χ4n) is 2.85. The quantitative estimate of drug-likeness (QED) is 0.230. The summed E-state index contributed by atoms with van der Waals surface area (Å²) >= 11 is 0. The molecule has 0 saturated carbocycles. The number of phosphoric ester groups is 1. The van der Waals surface area contributed by atoms with Crippen molar-refractivity contribution in [3.8, 4) is 5.75 Å². The molecule has 0 fully saturated rings. The second-order valence-electron chi connectivity index (χ2n) is 14.0. The van der Waals surface area contributed by atoms with E-state index in [0.29, 0.717) is 17.9 Å². The third kappa shape index (κ3) is 11.8. The Morgan fingerprint density at radius 1 is 0.917 bits per heavy atom. The van der Waals surface area contributed by atoms with E-state index in [1.165, 1.54) is 0 Å². The third-order valence-corrected chi connectivity index (χ3v) is 12.1. The third-order valence-electron chi connectivity index (χ3n) is 5.67. The van der Waals surface area contributed by atoms with Crippen LogP contribution in [-0.2, 0) is 24.6 Å². The molecule has 7 nitrogen and oxygen atoms in total. The fraction of sp³-hybridized carbons (Fsp3) is 0.778. The molecule has 1 rings (SSSR count). The number of aliphatic hydroxyl groups excluding tert-OH is 1. The molecule has 9 heteroatoms. The molecular formula is C27H52NO6PSi. The highest BCUT2D eigenvalue weighted by Crippen LogP contribution is 2.55. The van der Waals surface area contributed by atoms with Gasteiger partial charge in [-0.1, -0.05) is 26.8 Å². The Labute approximate surface area is 221 Å². The molecule has 0 aromatic heterocycles. The molecule has 1 unspecified atom stereocenters. The van der Waals surface area contributed by atoms with Gasteiger partial charge in [-0.15, -0.1) is 0 Å². The SMILES string of the molecule is CC(C)(C)NCC(O)c1ccc(OP(=O)(OC(C)(C)C)OC(C)(C)C)c(CO[Si](C)(C)C(C)(C)C)c1. The van der Waals surface area contributed by atoms with Gasteiger partial charge in [0.15, 0.2) is 8.32 Å². The lowest BCUT2D eigenvalue weighted by molar-refractivity contribution is 0.0221. The van der Waals surface area contributed by atoms with Crippen molar-refractivity contribution in [1.29, 1.82) is 0 Å². The molecule has 0 aliphatic rings. The number of phosphoric acid groups is 1. The molecule has 1 aromatic carbocycles. The van der Waals surface area contributed by atoms with Crippen molar-refractivity contribution < 1.29 is 27.7 Å². The van der Waals surface area contributed by atoms with Crippen molar-refractivity contribution in [3.63, 3.8) is 0 Å². The lowest BCUT2D eigenvalue weighted by Gasteiger charge is -2.36. The van der Waals surface area contributed by atoms with Crippen molar-refractivity contribution in [3.05, 3.63) is 29.3 Å². The van der Waals surface area contributed by atoms with Gasteiger partial charge in [-0.25, -0.2) is 4.57 Å². The minimum Gasteiger partial charge on any atom is -0.412 e. The van der Waals surface area contributed by atoms with E-state index in [4.69, 9.17) is 18.0 Å². The molecule has 0 saturated heterocycles. The van der Waals surface area contributed by atoms with Gasteiger partial charge in [0, 0.05) is 17.6 Å². The van der Waals surface area contributed by atoms with Crippen LogP contribution >= 0.6 is 7.82 Å². The van der Waals surface area contributed by atoms with Crippen molar-refractivity contribution >= 4 is 16.1 Å². The summed E-state index contributed by atoms with van der Waals surface area (Å²) in [5.41, 5.74) is -0.237. The van der Waals surface area contributed by atoms with E-state index in [1.54, 1.807) is 53.7 Å². The van der Waals surface area contributed by atoms with E-state index in [1.807, 2.05) is 6.07 Å². The maximum absolute atomic E-state index is 13.8. The minimum atomic E-state index is -4.00. The van der Waals surface area contributed by atoms with Gasteiger partial charge in [-0.05, 0) is 98.1 Å². The maximum Gasteiger partial charge on any atom is 0.531 e. The van der Waals surface area contributed by atoms with E-state index in [2.05, 4.69) is 60.0 Å². The van der Waals surface area contributed by atoms with E-state index < -0.39 is 33.4 Å². The highest BCUT2D eigenvalue weighted by Gasteiger charge is 2.40. The first-order valence-corrected chi connectivity index (χ1v) is 17.1. The average Bonchev–Trinajstić information content (AvgIpc) is 2.60. The van der Waals surface area contributed by atoms with Gasteiger partial charge in [0.25, 0.3) is 0 Å². The summed E-state index contributed by atoms with van der Waals surface area (Å²) in [6.07, 6.45) is -0.728. The van der Waals surface area contributed by atoms with Crippen molar-refractivity contribution in [1.82, 2.24) is 5.32 Å². The first-order valence-electron chi connectivity index (χ1n) is 12.7. The van der Waals surface area contributed by atoms with Crippen LogP contribution in [0.3, 0.4) is 0 Å². The van der Waals surface area contributed by atoms with Crippen LogP contribution in [0.5, 0.6) is 5.75 Å². The highest BCUT2D eigenvalue weighted by molar-refractivity contribution is 7.49. The van der Waals surface area contributed by atoms with Crippen LogP contribution in [0.2, 0.25) is 18.1 Å². The van der Waals surface area contributed by atoms with E-state index in [9.17, 15) is 9.67 Å². The molecule has 0 bridgehead atoms. The molecule has 36 heavy (non-hydrogen) atoms. The number of β-amino-alcohol motifs (C(OH)–C–C–N with tert-alkyl or cyclic N) is 1. The van der Waals surface area contributed by atoms with E-state index >= 15 is 0 Å². The Balaban J connectivity index is 3.44. The molecule has 1 aromatic rings. The molecular weight excluding hydrogens is 493 g/mol. The summed E-state index contributed by atoms with van der Waals surface area (Å²) in [5.74, 6) is 0.352. The molecule has 0 aliphatic heterocycles. The predicted molar refractivity (Wildman–Crippen MR) is 151 cm³/mol. The molecule has 2 N–H and O–H groups in total. The second-order valence-corrected chi connectivity index (χ2v) is 20.3. The number of hydrogen-bond acceptors (Lipinski definition) is 7. The van der Waals surface area contributed by atoms with E-state index in [-0.39, 0.29) is 17.2 Å². The Kier molecular flexibility index (Phi) is 10.7. The Morgan fingerprint density at radius 3 is 1.83 bits per heavy atom. The van der Waals surface area contributed by atoms with Gasteiger partial charge in [-0.2, -0.15) is 0 Å². The van der Waals surface area contributed by atoms with Crippen LogP contribution in [0.25, 0.3) is 0 Å². The summed E-state index contributed by atoms with van der Waals surface area (Å²) in [7, 11) is -6.09. The molecule has 0 spiro atoms. The fourth-order valence-corrected chi connectivity index (χ4v) is 5.67. The highest BCUT2D eigenvalue weighted by atomic mass is 31.2. The summed E-state index contributed by atoms with van der Waals surface area (Å²) in [4.78, 5) is 0. The molecule has 0 radical (unpaired) electrons. The normalized spacial score (nSPS) is 15.2. The number of aliphatic hydroxyl groups is 1. The lowest BCUT2D eigenvalue weighted by Crippen LogP contribution is -2.40. The van der Waals surface area contributed by atoms with Gasteiger partial charge in [-0.3, -0.25) is 9.05 Å². The van der Waals surface area contributed by atoms with Crippen LogP contribution in [-0.4, -0.2) is 36.7 Å². The minimum absolute atomic E-state index is 0.0156. The lowest BCUT2D eigenvalue weighted by atomic mass is 10.0. The zero-order valence-electron chi connectivity index (χ0n) is 25.2. The molecule has 0 heterocycles. The van der Waals surface area contributed by atoms with Gasteiger partial charge >= 0.3 is 7.82 Å². The first-order chi connectivity index (χ1) is 15.8. The van der Waals surface area contributed by atoms with Crippen LogP contribution in [0, 0.1) is 0 Å². The molecule has 0 amide bonds. The van der Waals surface area contributed by atoms with Crippen LogP contribution in [0.1, 0.15) is 100 Å². The number of hydrogen-bond donors (Lipinski definition) is 2. The number of rotatable bonds is 10.